The largest absolute Gasteiger partial charge is 0.495 e. The number of rotatable bonds is 9. The molecule has 2 amide bonds. The normalized spacial score (nSPS) is 15.2. The molecular weight excluding hydrogens is 360 g/mol. The zero-order valence-corrected chi connectivity index (χ0v) is 16.0. The summed E-state index contributed by atoms with van der Waals surface area (Å²) in [5.41, 5.74) is 0.144. The third-order valence-electron chi connectivity index (χ3n) is 3.82. The van der Waals surface area contributed by atoms with Crippen LogP contribution in [0.3, 0.4) is 0 Å². The predicted molar refractivity (Wildman–Crippen MR) is 95.6 cm³/mol. The van der Waals surface area contributed by atoms with E-state index in [4.69, 9.17) is 9.47 Å². The van der Waals surface area contributed by atoms with Crippen molar-refractivity contribution >= 4 is 27.5 Å². The number of ether oxygens (including phenoxy) is 2. The second-order valence-electron chi connectivity index (χ2n) is 6.13. The van der Waals surface area contributed by atoms with Crippen LogP contribution in [0, 0.1) is 0 Å². The minimum Gasteiger partial charge on any atom is -0.495 e. The molecule has 144 valence electrons. The highest BCUT2D eigenvalue weighted by Gasteiger charge is 2.33. The van der Waals surface area contributed by atoms with Gasteiger partial charge in [-0.25, -0.2) is 18.0 Å². The fourth-order valence-electron chi connectivity index (χ4n) is 2.54. The Morgan fingerprint density at radius 2 is 1.85 bits per heavy atom. The lowest BCUT2D eigenvalue weighted by molar-refractivity contribution is -0.121. The van der Waals surface area contributed by atoms with Gasteiger partial charge in [-0.15, -0.1) is 0 Å². The Balaban J connectivity index is 2.17. The average molecular weight is 384 g/mol. The van der Waals surface area contributed by atoms with Crippen molar-refractivity contribution in [2.75, 3.05) is 25.2 Å². The Labute approximate surface area is 153 Å². The minimum absolute atomic E-state index is 0.0365. The Morgan fingerprint density at radius 1 is 1.19 bits per heavy atom. The van der Waals surface area contributed by atoms with Crippen molar-refractivity contribution in [3.05, 3.63) is 18.2 Å². The van der Waals surface area contributed by atoms with Gasteiger partial charge in [-0.1, -0.05) is 0 Å². The molecule has 8 nitrogen and oxygen atoms in total. The Hall–Kier alpha value is -1.97. The highest BCUT2D eigenvalue weighted by Crippen LogP contribution is 2.34. The molecule has 0 atom stereocenters. The Kier molecular flexibility index (Phi) is 6.74. The molecule has 0 aliphatic carbocycles. The lowest BCUT2D eigenvalue weighted by Crippen LogP contribution is -2.30. The molecule has 1 N–H and O–H groups in total. The van der Waals surface area contributed by atoms with Crippen molar-refractivity contribution in [1.29, 1.82) is 0 Å². The second kappa shape index (κ2) is 8.61. The maximum absolute atomic E-state index is 12.5. The predicted octanol–water partition coefficient (Wildman–Crippen LogP) is 1.44. The maximum Gasteiger partial charge on any atom is 0.240 e. The van der Waals surface area contributed by atoms with Crippen molar-refractivity contribution in [1.82, 2.24) is 4.72 Å². The highest BCUT2D eigenvalue weighted by molar-refractivity contribution is 7.89. The summed E-state index contributed by atoms with van der Waals surface area (Å²) in [6, 6.07) is 4.10. The quantitative estimate of drug-likeness (QED) is 0.511. The van der Waals surface area contributed by atoms with Crippen molar-refractivity contribution in [3.8, 4) is 5.75 Å². The van der Waals surface area contributed by atoms with Gasteiger partial charge in [-0.3, -0.25) is 9.59 Å². The zero-order chi connectivity index (χ0) is 19.3. The Bertz CT molecular complexity index is 759. The monoisotopic (exact) mass is 384 g/mol. The van der Waals surface area contributed by atoms with Gasteiger partial charge in [0.15, 0.2) is 0 Å². The summed E-state index contributed by atoms with van der Waals surface area (Å²) in [5.74, 6) is -0.485. The average Bonchev–Trinajstić information content (AvgIpc) is 2.92. The van der Waals surface area contributed by atoms with E-state index in [1.165, 1.54) is 25.3 Å². The number of hydrogen-bond acceptors (Lipinski definition) is 6. The summed E-state index contributed by atoms with van der Waals surface area (Å²) < 4.78 is 38.0. The smallest absolute Gasteiger partial charge is 0.240 e. The summed E-state index contributed by atoms with van der Waals surface area (Å²) in [4.78, 5) is 24.9. The third-order valence-corrected chi connectivity index (χ3v) is 5.28. The zero-order valence-electron chi connectivity index (χ0n) is 15.1. The molecule has 1 aliphatic heterocycles. The van der Waals surface area contributed by atoms with Crippen LogP contribution in [0.1, 0.15) is 33.1 Å². The van der Waals surface area contributed by atoms with Crippen LogP contribution in [0.2, 0.25) is 0 Å². The third kappa shape index (κ3) is 4.80. The topological polar surface area (TPSA) is 102 Å². The molecule has 1 aromatic rings. The number of hydrogen-bond donors (Lipinski definition) is 1. The van der Waals surface area contributed by atoms with Crippen LogP contribution in [-0.4, -0.2) is 46.6 Å². The summed E-state index contributed by atoms with van der Waals surface area (Å²) in [6.45, 7) is 4.48. The van der Waals surface area contributed by atoms with Gasteiger partial charge >= 0.3 is 0 Å². The number of nitrogens with zero attached hydrogens (tertiary/aromatic N) is 1. The summed E-state index contributed by atoms with van der Waals surface area (Å²) in [6.07, 6.45) is 0.829. The van der Waals surface area contributed by atoms with Gasteiger partial charge in [0.1, 0.15) is 5.75 Å². The first kappa shape index (κ1) is 20.3. The number of benzene rings is 1. The standard InChI is InChI=1S/C17H24N2O6S/c1-12(2)25-10-4-9-18-26(22,23)13-5-6-15(24-3)14(11-13)19-16(20)7-8-17(19)21/h5-6,11-12,18H,4,7-10H2,1-3H3. The summed E-state index contributed by atoms with van der Waals surface area (Å²) >= 11 is 0. The molecular formula is C17H24N2O6S. The van der Waals surface area contributed by atoms with Gasteiger partial charge in [0.2, 0.25) is 21.8 Å². The summed E-state index contributed by atoms with van der Waals surface area (Å²) in [7, 11) is -2.39. The van der Waals surface area contributed by atoms with Crippen molar-refractivity contribution in [3.63, 3.8) is 0 Å². The van der Waals surface area contributed by atoms with Crippen LogP contribution in [0.4, 0.5) is 5.69 Å². The van der Waals surface area contributed by atoms with E-state index in [0.29, 0.717) is 13.0 Å². The van der Waals surface area contributed by atoms with Crippen LogP contribution < -0.4 is 14.4 Å². The molecule has 0 aromatic heterocycles. The number of nitrogens with one attached hydrogen (secondary N) is 1. The fraction of sp³-hybridized carbons (Fsp3) is 0.529. The SMILES string of the molecule is COc1ccc(S(=O)(=O)NCCCOC(C)C)cc1N1C(=O)CCC1=O. The minimum atomic E-state index is -3.78. The van der Waals surface area contributed by atoms with Crippen molar-refractivity contribution < 1.29 is 27.5 Å². The van der Waals surface area contributed by atoms with Crippen LogP contribution in [-0.2, 0) is 24.3 Å². The first-order valence-corrected chi connectivity index (χ1v) is 9.89. The maximum atomic E-state index is 12.5. The van der Waals surface area contributed by atoms with Gasteiger partial charge in [0.25, 0.3) is 0 Å². The van der Waals surface area contributed by atoms with E-state index in [-0.39, 0.29) is 53.6 Å². The number of methoxy groups -OCH3 is 1. The molecule has 0 radical (unpaired) electrons. The molecule has 0 spiro atoms. The van der Waals surface area contributed by atoms with Crippen molar-refractivity contribution in [2.45, 2.75) is 44.1 Å². The van der Waals surface area contributed by atoms with E-state index in [2.05, 4.69) is 4.72 Å². The first-order chi connectivity index (χ1) is 12.3. The molecule has 1 fully saturated rings. The number of anilines is 1. The molecule has 1 heterocycles. The molecule has 9 heteroatoms. The number of carbonyl (C=O) groups is 2. The first-order valence-electron chi connectivity index (χ1n) is 8.41. The van der Waals surface area contributed by atoms with E-state index in [1.807, 2.05) is 13.8 Å². The molecule has 26 heavy (non-hydrogen) atoms. The van der Waals surface area contributed by atoms with Crippen LogP contribution in [0.5, 0.6) is 5.75 Å². The number of carbonyl (C=O) groups excluding carboxylic acids is 2. The number of amides is 2. The molecule has 0 unspecified atom stereocenters. The lowest BCUT2D eigenvalue weighted by atomic mass is 10.2. The molecule has 0 saturated carbocycles. The van der Waals surface area contributed by atoms with Gasteiger partial charge in [0.05, 0.1) is 23.8 Å². The molecule has 0 bridgehead atoms. The van der Waals surface area contributed by atoms with Crippen LogP contribution in [0.25, 0.3) is 0 Å². The van der Waals surface area contributed by atoms with E-state index in [9.17, 15) is 18.0 Å². The molecule has 1 saturated heterocycles. The lowest BCUT2D eigenvalue weighted by Gasteiger charge is -2.18. The van der Waals surface area contributed by atoms with Crippen LogP contribution >= 0.6 is 0 Å². The molecule has 1 aliphatic rings. The van der Waals surface area contributed by atoms with Gasteiger partial charge in [0, 0.05) is 26.0 Å². The Morgan fingerprint density at radius 3 is 2.42 bits per heavy atom. The summed E-state index contributed by atoms with van der Waals surface area (Å²) in [5, 5.41) is 0. The van der Waals surface area contributed by atoms with E-state index >= 15 is 0 Å². The fourth-order valence-corrected chi connectivity index (χ4v) is 3.63. The van der Waals surface area contributed by atoms with E-state index in [0.717, 1.165) is 4.90 Å². The molecule has 1 aromatic carbocycles. The van der Waals surface area contributed by atoms with E-state index < -0.39 is 10.0 Å². The van der Waals surface area contributed by atoms with Gasteiger partial charge in [-0.05, 0) is 38.5 Å². The second-order valence-corrected chi connectivity index (χ2v) is 7.89. The number of sulfonamides is 1. The van der Waals surface area contributed by atoms with Crippen molar-refractivity contribution in [2.24, 2.45) is 0 Å². The van der Waals surface area contributed by atoms with Gasteiger partial charge in [-0.2, -0.15) is 0 Å². The van der Waals surface area contributed by atoms with Gasteiger partial charge < -0.3 is 9.47 Å². The molecule has 2 rings (SSSR count). The van der Waals surface area contributed by atoms with E-state index in [1.54, 1.807) is 0 Å². The highest BCUT2D eigenvalue weighted by atomic mass is 32.2. The van der Waals surface area contributed by atoms with Crippen LogP contribution in [0.15, 0.2) is 23.1 Å². The number of imide groups is 1.